The Morgan fingerprint density at radius 2 is 1.59 bits per heavy atom. The van der Waals surface area contributed by atoms with E-state index in [1.807, 2.05) is 0 Å². The molecule has 0 fully saturated rings. The van der Waals surface area contributed by atoms with Gasteiger partial charge in [-0.3, -0.25) is 20.4 Å². The van der Waals surface area contributed by atoms with Gasteiger partial charge in [0.15, 0.2) is 17.6 Å². The zero-order valence-electron chi connectivity index (χ0n) is 14.8. The van der Waals surface area contributed by atoms with Crippen molar-refractivity contribution >= 4 is 35.0 Å². The van der Waals surface area contributed by atoms with Crippen molar-refractivity contribution in [3.05, 3.63) is 52.0 Å². The number of halogens is 2. The van der Waals surface area contributed by atoms with Crippen LogP contribution in [-0.4, -0.2) is 32.1 Å². The van der Waals surface area contributed by atoms with Crippen LogP contribution in [0.25, 0.3) is 0 Å². The van der Waals surface area contributed by atoms with Gasteiger partial charge in [0.25, 0.3) is 11.8 Å². The number of hydrogen-bond acceptors (Lipinski definition) is 5. The lowest BCUT2D eigenvalue weighted by Gasteiger charge is -2.16. The van der Waals surface area contributed by atoms with Crippen LogP contribution in [0.15, 0.2) is 36.4 Å². The molecule has 27 heavy (non-hydrogen) atoms. The highest BCUT2D eigenvalue weighted by Crippen LogP contribution is 2.28. The van der Waals surface area contributed by atoms with Crippen molar-refractivity contribution in [1.29, 1.82) is 0 Å². The summed E-state index contributed by atoms with van der Waals surface area (Å²) in [7, 11) is 2.95. The second-order valence-electron chi connectivity index (χ2n) is 5.35. The highest BCUT2D eigenvalue weighted by Gasteiger charge is 2.18. The van der Waals surface area contributed by atoms with Crippen molar-refractivity contribution in [2.45, 2.75) is 13.0 Å². The number of rotatable bonds is 6. The Bertz CT molecular complexity index is 844. The van der Waals surface area contributed by atoms with E-state index in [-0.39, 0.29) is 10.6 Å². The van der Waals surface area contributed by atoms with E-state index in [4.69, 9.17) is 37.4 Å². The summed E-state index contributed by atoms with van der Waals surface area (Å²) in [6.07, 6.45) is -0.908. The Morgan fingerprint density at radius 3 is 2.22 bits per heavy atom. The minimum Gasteiger partial charge on any atom is -0.493 e. The minimum atomic E-state index is -0.908. The molecular weight excluding hydrogens is 395 g/mol. The Balaban J connectivity index is 1.95. The van der Waals surface area contributed by atoms with Crippen LogP contribution in [0.2, 0.25) is 10.0 Å². The fraction of sp³-hybridized carbons (Fsp3) is 0.222. The topological polar surface area (TPSA) is 85.9 Å². The molecule has 0 spiro atoms. The van der Waals surface area contributed by atoms with Crippen LogP contribution in [0, 0.1) is 0 Å². The van der Waals surface area contributed by atoms with E-state index in [9.17, 15) is 9.59 Å². The predicted molar refractivity (Wildman–Crippen MR) is 102 cm³/mol. The lowest BCUT2D eigenvalue weighted by Crippen LogP contribution is -2.47. The second-order valence-corrected chi connectivity index (χ2v) is 6.19. The van der Waals surface area contributed by atoms with Crippen LogP contribution < -0.4 is 25.1 Å². The number of carbonyl (C=O) groups is 2. The summed E-state index contributed by atoms with van der Waals surface area (Å²) in [5.41, 5.74) is 4.88. The number of nitrogens with one attached hydrogen (secondary N) is 2. The molecule has 0 saturated carbocycles. The molecule has 2 amide bonds. The Hall–Kier alpha value is -2.64. The van der Waals surface area contributed by atoms with Crippen molar-refractivity contribution < 1.29 is 23.8 Å². The minimum absolute atomic E-state index is 0.275. The molecule has 1 atom stereocenters. The molecular formula is C18H18Cl2N2O5. The first-order valence-corrected chi connectivity index (χ1v) is 8.55. The quantitative estimate of drug-likeness (QED) is 0.711. The molecule has 0 aliphatic rings. The van der Waals surface area contributed by atoms with Crippen LogP contribution in [0.3, 0.4) is 0 Å². The van der Waals surface area contributed by atoms with Crippen molar-refractivity contribution in [1.82, 2.24) is 10.9 Å². The van der Waals surface area contributed by atoms with Gasteiger partial charge in [-0.25, -0.2) is 0 Å². The Morgan fingerprint density at radius 1 is 0.926 bits per heavy atom. The van der Waals surface area contributed by atoms with Gasteiger partial charge in [0.05, 0.1) is 19.2 Å². The SMILES string of the molecule is COc1ccc(C(=O)NNC(=O)C(C)Oc2ccc(Cl)cc2Cl)cc1OC. The summed E-state index contributed by atoms with van der Waals surface area (Å²) < 4.78 is 15.7. The maximum atomic E-state index is 12.2. The smallest absolute Gasteiger partial charge is 0.279 e. The van der Waals surface area contributed by atoms with E-state index >= 15 is 0 Å². The third kappa shape index (κ3) is 5.42. The van der Waals surface area contributed by atoms with Gasteiger partial charge >= 0.3 is 0 Å². The van der Waals surface area contributed by atoms with Gasteiger partial charge in [-0.2, -0.15) is 0 Å². The average Bonchev–Trinajstić information content (AvgIpc) is 2.67. The summed E-state index contributed by atoms with van der Waals surface area (Å²) in [6, 6.07) is 9.26. The standard InChI is InChI=1S/C18H18Cl2N2O5/c1-10(27-14-7-5-12(19)9-13(14)20)17(23)21-22-18(24)11-4-6-15(25-2)16(8-11)26-3/h4-10H,1-3H3,(H,21,23)(H,22,24). The number of carbonyl (C=O) groups excluding carboxylic acids is 2. The van der Waals surface area contributed by atoms with Gasteiger partial charge in [-0.1, -0.05) is 23.2 Å². The summed E-state index contributed by atoms with van der Waals surface area (Å²) in [5, 5.41) is 0.725. The van der Waals surface area contributed by atoms with Crippen molar-refractivity contribution in [3.63, 3.8) is 0 Å². The first-order chi connectivity index (χ1) is 12.8. The number of amides is 2. The Kier molecular flexibility index (Phi) is 7.15. The summed E-state index contributed by atoms with van der Waals surface area (Å²) in [5.74, 6) is 0.0938. The maximum absolute atomic E-state index is 12.2. The van der Waals surface area contributed by atoms with Gasteiger partial charge < -0.3 is 14.2 Å². The molecule has 0 aromatic heterocycles. The lowest BCUT2D eigenvalue weighted by atomic mass is 10.2. The monoisotopic (exact) mass is 412 g/mol. The van der Waals surface area contributed by atoms with Gasteiger partial charge in [-0.15, -0.1) is 0 Å². The largest absolute Gasteiger partial charge is 0.493 e. The molecule has 144 valence electrons. The van der Waals surface area contributed by atoms with E-state index in [0.29, 0.717) is 22.3 Å². The summed E-state index contributed by atoms with van der Waals surface area (Å²) in [6.45, 7) is 1.52. The number of methoxy groups -OCH3 is 2. The molecule has 1 unspecified atom stereocenters. The third-order valence-corrected chi connectivity index (χ3v) is 4.04. The number of hydrazine groups is 1. The maximum Gasteiger partial charge on any atom is 0.279 e. The Labute approximate surface area is 166 Å². The third-order valence-electron chi connectivity index (χ3n) is 3.51. The summed E-state index contributed by atoms with van der Waals surface area (Å²) >= 11 is 11.8. The molecule has 7 nitrogen and oxygen atoms in total. The van der Waals surface area contributed by atoms with Crippen molar-refractivity contribution in [3.8, 4) is 17.2 Å². The predicted octanol–water partition coefficient (Wildman–Crippen LogP) is 3.24. The van der Waals surface area contributed by atoms with Crippen LogP contribution >= 0.6 is 23.2 Å². The number of hydrogen-bond donors (Lipinski definition) is 2. The highest BCUT2D eigenvalue weighted by atomic mass is 35.5. The van der Waals surface area contributed by atoms with E-state index in [0.717, 1.165) is 0 Å². The molecule has 2 rings (SSSR count). The fourth-order valence-corrected chi connectivity index (χ4v) is 2.54. The number of benzene rings is 2. The van der Waals surface area contributed by atoms with E-state index in [2.05, 4.69) is 10.9 Å². The lowest BCUT2D eigenvalue weighted by molar-refractivity contribution is -0.128. The molecule has 0 radical (unpaired) electrons. The molecule has 2 aromatic rings. The molecule has 2 N–H and O–H groups in total. The molecule has 0 aliphatic carbocycles. The molecule has 0 saturated heterocycles. The molecule has 0 aliphatic heterocycles. The van der Waals surface area contributed by atoms with Gasteiger partial charge in [0.2, 0.25) is 0 Å². The van der Waals surface area contributed by atoms with E-state index in [1.165, 1.54) is 39.3 Å². The van der Waals surface area contributed by atoms with Crippen LogP contribution in [0.1, 0.15) is 17.3 Å². The second kappa shape index (κ2) is 9.34. The highest BCUT2D eigenvalue weighted by molar-refractivity contribution is 6.35. The molecule has 0 bridgehead atoms. The molecule has 9 heteroatoms. The van der Waals surface area contributed by atoms with Gasteiger partial charge in [0, 0.05) is 10.6 Å². The fourth-order valence-electron chi connectivity index (χ4n) is 2.08. The zero-order valence-corrected chi connectivity index (χ0v) is 16.4. The molecule has 0 heterocycles. The number of ether oxygens (including phenoxy) is 3. The van der Waals surface area contributed by atoms with Crippen LogP contribution in [-0.2, 0) is 4.79 Å². The van der Waals surface area contributed by atoms with Crippen LogP contribution in [0.5, 0.6) is 17.2 Å². The zero-order chi connectivity index (χ0) is 20.0. The van der Waals surface area contributed by atoms with Gasteiger partial charge in [0.1, 0.15) is 5.75 Å². The van der Waals surface area contributed by atoms with E-state index < -0.39 is 17.9 Å². The van der Waals surface area contributed by atoms with Crippen molar-refractivity contribution in [2.75, 3.05) is 14.2 Å². The first kappa shape index (κ1) is 20.7. The average molecular weight is 413 g/mol. The van der Waals surface area contributed by atoms with Crippen LogP contribution in [0.4, 0.5) is 0 Å². The van der Waals surface area contributed by atoms with E-state index in [1.54, 1.807) is 18.2 Å². The summed E-state index contributed by atoms with van der Waals surface area (Å²) in [4.78, 5) is 24.3. The van der Waals surface area contributed by atoms with Gasteiger partial charge in [-0.05, 0) is 43.3 Å². The first-order valence-electron chi connectivity index (χ1n) is 7.79. The molecule has 2 aromatic carbocycles. The van der Waals surface area contributed by atoms with Crippen molar-refractivity contribution in [2.24, 2.45) is 0 Å². The normalized spacial score (nSPS) is 11.3.